The van der Waals surface area contributed by atoms with E-state index in [1.54, 1.807) is 31.2 Å². The molecule has 1 unspecified atom stereocenters. The lowest BCUT2D eigenvalue weighted by atomic mass is 10.0. The number of carbonyl (C=O) groups is 1. The summed E-state index contributed by atoms with van der Waals surface area (Å²) in [5, 5.41) is 10.3. The first-order valence-electron chi connectivity index (χ1n) is 7.46. The summed E-state index contributed by atoms with van der Waals surface area (Å²) in [5.74, 6) is 5.19. The molecule has 1 amide bonds. The summed E-state index contributed by atoms with van der Waals surface area (Å²) < 4.78 is 37.6. The smallest absolute Gasteiger partial charge is 0.285 e. The van der Waals surface area contributed by atoms with Crippen molar-refractivity contribution in [2.75, 3.05) is 0 Å². The van der Waals surface area contributed by atoms with E-state index < -0.39 is 23.7 Å². The molecular formula is C19H16F3NO2. The number of nitrogens with zero attached hydrogens (tertiary/aromatic N) is 1. The molecule has 6 heteroatoms. The monoisotopic (exact) mass is 347 g/mol. The van der Waals surface area contributed by atoms with Gasteiger partial charge in [0.2, 0.25) is 5.91 Å². The highest BCUT2D eigenvalue weighted by Gasteiger charge is 2.29. The van der Waals surface area contributed by atoms with E-state index in [4.69, 9.17) is 0 Å². The lowest BCUT2D eigenvalue weighted by Crippen LogP contribution is -2.27. The summed E-state index contributed by atoms with van der Waals surface area (Å²) in [4.78, 5) is 11.2. The van der Waals surface area contributed by atoms with Crippen LogP contribution in [0, 0.1) is 11.8 Å². The van der Waals surface area contributed by atoms with E-state index in [1.807, 2.05) is 0 Å². The number of halogens is 3. The Morgan fingerprint density at radius 3 is 2.24 bits per heavy atom. The summed E-state index contributed by atoms with van der Waals surface area (Å²) in [6.07, 6.45) is -4.37. The second-order valence-corrected chi connectivity index (χ2v) is 5.49. The van der Waals surface area contributed by atoms with E-state index in [9.17, 15) is 23.2 Å². The molecule has 2 aromatic carbocycles. The zero-order chi connectivity index (χ0) is 18.6. The summed E-state index contributed by atoms with van der Waals surface area (Å²) >= 11 is 0. The Hall–Kier alpha value is -2.78. The van der Waals surface area contributed by atoms with Crippen molar-refractivity contribution in [3.63, 3.8) is 0 Å². The van der Waals surface area contributed by atoms with Crippen LogP contribution < -0.4 is 0 Å². The summed E-state index contributed by atoms with van der Waals surface area (Å²) in [6.45, 7) is 2.93. The minimum atomic E-state index is -4.37. The molecule has 0 fully saturated rings. The zero-order valence-electron chi connectivity index (χ0n) is 13.6. The van der Waals surface area contributed by atoms with Crippen LogP contribution in [0.15, 0.2) is 48.5 Å². The van der Waals surface area contributed by atoms with Gasteiger partial charge in [-0.2, -0.15) is 13.2 Å². The van der Waals surface area contributed by atoms with Gasteiger partial charge < -0.3 is 0 Å². The van der Waals surface area contributed by atoms with Crippen molar-refractivity contribution in [3.05, 3.63) is 70.8 Å². The molecule has 0 heterocycles. The number of hydrogen-bond acceptors (Lipinski definition) is 2. The molecule has 1 N–H and O–H groups in total. The molecule has 2 aromatic rings. The Morgan fingerprint density at radius 1 is 1.08 bits per heavy atom. The largest absolute Gasteiger partial charge is 0.416 e. The Kier molecular flexibility index (Phi) is 5.50. The van der Waals surface area contributed by atoms with Crippen molar-refractivity contribution in [2.45, 2.75) is 26.1 Å². The number of rotatable bonds is 2. The topological polar surface area (TPSA) is 40.5 Å². The maximum atomic E-state index is 12.5. The van der Waals surface area contributed by atoms with E-state index in [0.717, 1.165) is 12.1 Å². The highest BCUT2D eigenvalue weighted by atomic mass is 19.4. The van der Waals surface area contributed by atoms with Crippen molar-refractivity contribution >= 4 is 5.91 Å². The Balaban J connectivity index is 2.21. The Bertz CT molecular complexity index is 817. The minimum absolute atomic E-state index is 0.457. The quantitative estimate of drug-likeness (QED) is 0.497. The fraction of sp³-hybridized carbons (Fsp3) is 0.211. The molecule has 0 aliphatic heterocycles. The fourth-order valence-electron chi connectivity index (χ4n) is 2.18. The molecule has 130 valence electrons. The summed E-state index contributed by atoms with van der Waals surface area (Å²) in [7, 11) is 0. The van der Waals surface area contributed by atoms with E-state index in [-0.39, 0.29) is 0 Å². The van der Waals surface area contributed by atoms with Crippen molar-refractivity contribution < 1.29 is 23.2 Å². The molecule has 0 spiro atoms. The second-order valence-electron chi connectivity index (χ2n) is 5.49. The average molecular weight is 347 g/mol. The van der Waals surface area contributed by atoms with Crippen LogP contribution in [0.4, 0.5) is 13.2 Å². The number of hydroxylamine groups is 2. The van der Waals surface area contributed by atoms with Gasteiger partial charge in [0.1, 0.15) is 0 Å². The Morgan fingerprint density at radius 2 is 1.68 bits per heavy atom. The van der Waals surface area contributed by atoms with Crippen molar-refractivity contribution in [3.8, 4) is 11.8 Å². The fourth-order valence-corrected chi connectivity index (χ4v) is 2.18. The van der Waals surface area contributed by atoms with Crippen molar-refractivity contribution in [1.82, 2.24) is 5.06 Å². The van der Waals surface area contributed by atoms with E-state index in [2.05, 4.69) is 11.8 Å². The highest BCUT2D eigenvalue weighted by Crippen LogP contribution is 2.29. The van der Waals surface area contributed by atoms with E-state index in [1.165, 1.54) is 19.1 Å². The molecule has 0 aliphatic rings. The van der Waals surface area contributed by atoms with Crippen LogP contribution in [-0.4, -0.2) is 16.2 Å². The van der Waals surface area contributed by atoms with Gasteiger partial charge in [-0.3, -0.25) is 10.0 Å². The van der Waals surface area contributed by atoms with Crippen LogP contribution in [0.1, 0.15) is 42.1 Å². The van der Waals surface area contributed by atoms with Gasteiger partial charge in [-0.05, 0) is 48.9 Å². The van der Waals surface area contributed by atoms with Gasteiger partial charge in [-0.15, -0.1) is 0 Å². The minimum Gasteiger partial charge on any atom is -0.285 e. The molecule has 0 saturated heterocycles. The van der Waals surface area contributed by atoms with Crippen LogP contribution in [0.25, 0.3) is 0 Å². The Labute approximate surface area is 143 Å². The number of alkyl halides is 3. The lowest BCUT2D eigenvalue weighted by molar-refractivity contribution is -0.172. The third kappa shape index (κ3) is 4.85. The molecule has 0 saturated carbocycles. The number of hydrogen-bond donors (Lipinski definition) is 1. The SMILES string of the molecule is CC(=O)N(O)C(C)c1cccc(C#Cc2ccc(C(F)(F)F)cc2)c1. The third-order valence-corrected chi connectivity index (χ3v) is 3.62. The van der Waals surface area contributed by atoms with Crippen LogP contribution >= 0.6 is 0 Å². The molecule has 0 aliphatic carbocycles. The van der Waals surface area contributed by atoms with E-state index in [0.29, 0.717) is 21.8 Å². The van der Waals surface area contributed by atoms with Gasteiger partial charge in [0.15, 0.2) is 0 Å². The molecule has 1 atom stereocenters. The zero-order valence-corrected chi connectivity index (χ0v) is 13.6. The predicted octanol–water partition coefficient (Wildman–Crippen LogP) is 4.40. The molecule has 3 nitrogen and oxygen atoms in total. The summed E-state index contributed by atoms with van der Waals surface area (Å²) in [6, 6.07) is 11.0. The van der Waals surface area contributed by atoms with Gasteiger partial charge in [0, 0.05) is 18.1 Å². The van der Waals surface area contributed by atoms with E-state index >= 15 is 0 Å². The first-order chi connectivity index (χ1) is 11.7. The van der Waals surface area contributed by atoms with Crippen LogP contribution in [0.3, 0.4) is 0 Å². The van der Waals surface area contributed by atoms with Gasteiger partial charge in [-0.1, -0.05) is 24.0 Å². The van der Waals surface area contributed by atoms with Gasteiger partial charge >= 0.3 is 6.18 Å². The normalized spacial score (nSPS) is 12.1. The maximum Gasteiger partial charge on any atom is 0.416 e. The first-order valence-corrected chi connectivity index (χ1v) is 7.46. The number of amides is 1. The third-order valence-electron chi connectivity index (χ3n) is 3.62. The van der Waals surface area contributed by atoms with Gasteiger partial charge in [-0.25, -0.2) is 5.06 Å². The maximum absolute atomic E-state index is 12.5. The van der Waals surface area contributed by atoms with Crippen LogP contribution in [0.2, 0.25) is 0 Å². The highest BCUT2D eigenvalue weighted by molar-refractivity contribution is 5.72. The standard InChI is InChI=1S/C19H16F3NO2/c1-13(23(25)14(2)24)17-5-3-4-16(12-17)7-6-15-8-10-18(11-9-15)19(20,21)22/h3-5,8-13,25H,1-2H3. The molecular weight excluding hydrogens is 331 g/mol. The van der Waals surface area contributed by atoms with Crippen molar-refractivity contribution in [1.29, 1.82) is 0 Å². The molecule has 0 aromatic heterocycles. The molecule has 0 bridgehead atoms. The van der Waals surface area contributed by atoms with Crippen molar-refractivity contribution in [2.24, 2.45) is 0 Å². The molecule has 2 rings (SSSR count). The molecule has 0 radical (unpaired) electrons. The second kappa shape index (κ2) is 7.41. The first kappa shape index (κ1) is 18.6. The van der Waals surface area contributed by atoms with Gasteiger partial charge in [0.05, 0.1) is 11.6 Å². The lowest BCUT2D eigenvalue weighted by Gasteiger charge is -2.21. The molecule has 25 heavy (non-hydrogen) atoms. The van der Waals surface area contributed by atoms with Crippen LogP contribution in [-0.2, 0) is 11.0 Å². The number of carbonyl (C=O) groups excluding carboxylic acids is 1. The predicted molar refractivity (Wildman–Crippen MR) is 86.6 cm³/mol. The van der Waals surface area contributed by atoms with Gasteiger partial charge in [0.25, 0.3) is 0 Å². The average Bonchev–Trinajstić information content (AvgIpc) is 2.58. The summed E-state index contributed by atoms with van der Waals surface area (Å²) in [5.41, 5.74) is 1.05. The number of benzene rings is 2. The van der Waals surface area contributed by atoms with Crippen LogP contribution in [0.5, 0.6) is 0 Å².